The van der Waals surface area contributed by atoms with Crippen LogP contribution in [0.1, 0.15) is 22.5 Å². The summed E-state index contributed by atoms with van der Waals surface area (Å²) in [4.78, 5) is 5.23. The molecule has 29 heavy (non-hydrogen) atoms. The number of aromatic nitrogens is 2. The van der Waals surface area contributed by atoms with Crippen molar-refractivity contribution in [2.45, 2.75) is 5.41 Å². The molecule has 4 aromatic carbocycles. The molecule has 0 atom stereocenters. The molecule has 0 saturated heterocycles. The molecular formula is C26H15BrN2. The predicted molar refractivity (Wildman–Crippen MR) is 120 cm³/mol. The van der Waals surface area contributed by atoms with Gasteiger partial charge in [-0.3, -0.25) is 4.57 Å². The largest absolute Gasteiger partial charge is 0.295 e. The lowest BCUT2D eigenvalue weighted by Crippen LogP contribution is -2.27. The van der Waals surface area contributed by atoms with Crippen LogP contribution in [0.5, 0.6) is 0 Å². The molecule has 2 nitrogen and oxygen atoms in total. The average molecular weight is 435 g/mol. The molecule has 0 saturated carbocycles. The average Bonchev–Trinajstić information content (AvgIpc) is 3.36. The van der Waals surface area contributed by atoms with Crippen molar-refractivity contribution in [2.75, 3.05) is 0 Å². The van der Waals surface area contributed by atoms with E-state index >= 15 is 0 Å². The number of benzene rings is 4. The molecule has 7 rings (SSSR count). The highest BCUT2D eigenvalue weighted by Crippen LogP contribution is 2.60. The third kappa shape index (κ3) is 1.72. The highest BCUT2D eigenvalue weighted by atomic mass is 79.9. The van der Waals surface area contributed by atoms with E-state index in [1.54, 1.807) is 0 Å². The Hall–Kier alpha value is -3.17. The maximum atomic E-state index is 5.23. The quantitative estimate of drug-likeness (QED) is 0.267. The molecule has 5 aromatic rings. The summed E-state index contributed by atoms with van der Waals surface area (Å²) in [5.41, 5.74) is 9.57. The van der Waals surface area contributed by atoms with Crippen molar-refractivity contribution < 1.29 is 0 Å². The standard InChI is InChI=1S/C26H15BrN2/c27-16-13-14-24-22(15-16)28-25-26(21-11-5-6-12-23(21)29(24)25)19-9-3-1-7-17(19)18-8-2-4-10-20(18)26/h1-15H. The molecule has 0 N–H and O–H groups in total. The number of hydrogen-bond acceptors (Lipinski definition) is 1. The third-order valence-electron chi connectivity index (χ3n) is 6.45. The zero-order valence-corrected chi connectivity index (χ0v) is 17.0. The maximum absolute atomic E-state index is 5.23. The van der Waals surface area contributed by atoms with Crippen LogP contribution >= 0.6 is 15.9 Å². The van der Waals surface area contributed by atoms with E-state index in [0.29, 0.717) is 0 Å². The van der Waals surface area contributed by atoms with E-state index in [1.165, 1.54) is 33.5 Å². The van der Waals surface area contributed by atoms with E-state index in [0.717, 1.165) is 21.3 Å². The fraction of sp³-hybridized carbons (Fsp3) is 0.0385. The van der Waals surface area contributed by atoms with Crippen molar-refractivity contribution in [2.24, 2.45) is 0 Å². The van der Waals surface area contributed by atoms with Crippen LogP contribution in [0.25, 0.3) is 27.8 Å². The lowest BCUT2D eigenvalue weighted by atomic mass is 9.73. The van der Waals surface area contributed by atoms with Crippen LogP contribution in [0.2, 0.25) is 0 Å². The summed E-state index contributed by atoms with van der Waals surface area (Å²) in [6.45, 7) is 0. The van der Waals surface area contributed by atoms with E-state index in [1.807, 2.05) is 0 Å². The first-order valence-corrected chi connectivity index (χ1v) is 10.6. The number of imidazole rings is 1. The zero-order chi connectivity index (χ0) is 19.2. The van der Waals surface area contributed by atoms with Crippen LogP contribution in [0.15, 0.2) is 95.5 Å². The van der Waals surface area contributed by atoms with Gasteiger partial charge in [0.05, 0.1) is 16.7 Å². The van der Waals surface area contributed by atoms with Crippen LogP contribution in [0.4, 0.5) is 0 Å². The Kier molecular flexibility index (Phi) is 2.84. The molecule has 2 aliphatic rings. The van der Waals surface area contributed by atoms with Crippen LogP contribution in [0.3, 0.4) is 0 Å². The van der Waals surface area contributed by atoms with Gasteiger partial charge in [0.1, 0.15) is 11.2 Å². The van der Waals surface area contributed by atoms with Crippen LogP contribution in [0, 0.1) is 0 Å². The van der Waals surface area contributed by atoms with Gasteiger partial charge in [0, 0.05) is 4.47 Å². The summed E-state index contributed by atoms with van der Waals surface area (Å²) < 4.78 is 3.41. The predicted octanol–water partition coefficient (Wildman–Crippen LogP) is 6.46. The molecule has 1 aromatic heterocycles. The second kappa shape index (κ2) is 5.25. The first kappa shape index (κ1) is 15.7. The van der Waals surface area contributed by atoms with Gasteiger partial charge in [-0.15, -0.1) is 0 Å². The summed E-state index contributed by atoms with van der Waals surface area (Å²) in [5.74, 6) is 1.09. The minimum absolute atomic E-state index is 0.380. The number of para-hydroxylation sites is 1. The molecule has 2 heterocycles. The SMILES string of the molecule is Brc1ccc2c(c1)nc1n2-c2ccccc2C12c1ccccc1-c1ccccc12. The van der Waals surface area contributed by atoms with E-state index in [-0.39, 0.29) is 5.41 Å². The molecular weight excluding hydrogens is 420 g/mol. The van der Waals surface area contributed by atoms with Crippen LogP contribution < -0.4 is 0 Å². The van der Waals surface area contributed by atoms with Crippen LogP contribution in [-0.4, -0.2) is 9.55 Å². The highest BCUT2D eigenvalue weighted by molar-refractivity contribution is 9.10. The first-order chi connectivity index (χ1) is 14.3. The Bertz CT molecular complexity index is 1430. The van der Waals surface area contributed by atoms with Crippen molar-refractivity contribution in [1.82, 2.24) is 9.55 Å². The van der Waals surface area contributed by atoms with Crippen molar-refractivity contribution in [3.8, 4) is 16.8 Å². The number of rotatable bonds is 0. The van der Waals surface area contributed by atoms with Gasteiger partial charge in [-0.25, -0.2) is 4.98 Å². The summed E-state index contributed by atoms with van der Waals surface area (Å²) >= 11 is 3.62. The Morgan fingerprint density at radius 1 is 0.690 bits per heavy atom. The number of fused-ring (bicyclic) bond motifs is 12. The number of hydrogen-bond donors (Lipinski definition) is 0. The van der Waals surface area contributed by atoms with Gasteiger partial charge >= 0.3 is 0 Å². The van der Waals surface area contributed by atoms with Crippen LogP contribution in [-0.2, 0) is 5.41 Å². The monoisotopic (exact) mass is 434 g/mol. The molecule has 1 spiro atoms. The second-order valence-corrected chi connectivity index (χ2v) is 8.68. The molecule has 136 valence electrons. The van der Waals surface area contributed by atoms with E-state index < -0.39 is 0 Å². The molecule has 0 fully saturated rings. The minimum Gasteiger partial charge on any atom is -0.295 e. The van der Waals surface area contributed by atoms with E-state index in [9.17, 15) is 0 Å². The van der Waals surface area contributed by atoms with Gasteiger partial charge in [-0.1, -0.05) is 82.7 Å². The molecule has 1 aliphatic carbocycles. The van der Waals surface area contributed by atoms with Gasteiger partial charge in [-0.05, 0) is 52.1 Å². The normalized spacial score (nSPS) is 14.7. The lowest BCUT2D eigenvalue weighted by molar-refractivity contribution is 0.738. The molecule has 3 heteroatoms. The zero-order valence-electron chi connectivity index (χ0n) is 15.4. The Balaban J connectivity index is 1.74. The molecule has 0 unspecified atom stereocenters. The summed E-state index contributed by atoms with van der Waals surface area (Å²) in [7, 11) is 0. The van der Waals surface area contributed by atoms with Crippen molar-refractivity contribution >= 4 is 27.0 Å². The Morgan fingerprint density at radius 3 is 2.03 bits per heavy atom. The van der Waals surface area contributed by atoms with Gasteiger partial charge in [0.2, 0.25) is 0 Å². The number of nitrogens with zero attached hydrogens (tertiary/aromatic N) is 2. The van der Waals surface area contributed by atoms with Gasteiger partial charge in [0.15, 0.2) is 0 Å². The van der Waals surface area contributed by atoms with Gasteiger partial charge in [-0.2, -0.15) is 0 Å². The summed E-state index contributed by atoms with van der Waals surface area (Å²) in [6, 6.07) is 32.8. The third-order valence-corrected chi connectivity index (χ3v) is 6.95. The minimum atomic E-state index is -0.380. The van der Waals surface area contributed by atoms with Crippen molar-refractivity contribution in [1.29, 1.82) is 0 Å². The molecule has 0 amide bonds. The van der Waals surface area contributed by atoms with E-state index in [4.69, 9.17) is 4.98 Å². The maximum Gasteiger partial charge on any atom is 0.134 e. The number of halogens is 1. The fourth-order valence-corrected chi connectivity index (χ4v) is 5.77. The van der Waals surface area contributed by atoms with Crippen molar-refractivity contribution in [3.63, 3.8) is 0 Å². The van der Waals surface area contributed by atoms with E-state index in [2.05, 4.69) is 111 Å². The summed E-state index contributed by atoms with van der Waals surface area (Å²) in [6.07, 6.45) is 0. The van der Waals surface area contributed by atoms with Gasteiger partial charge in [0.25, 0.3) is 0 Å². The Morgan fingerprint density at radius 2 is 1.31 bits per heavy atom. The molecule has 1 aliphatic heterocycles. The summed E-state index contributed by atoms with van der Waals surface area (Å²) in [5, 5.41) is 0. The highest BCUT2D eigenvalue weighted by Gasteiger charge is 2.53. The van der Waals surface area contributed by atoms with Gasteiger partial charge < -0.3 is 0 Å². The molecule has 0 bridgehead atoms. The smallest absolute Gasteiger partial charge is 0.134 e. The Labute approximate surface area is 176 Å². The first-order valence-electron chi connectivity index (χ1n) is 9.78. The molecule has 0 radical (unpaired) electrons. The van der Waals surface area contributed by atoms with Crippen molar-refractivity contribution in [3.05, 3.63) is 118 Å². The topological polar surface area (TPSA) is 17.8 Å². The lowest BCUT2D eigenvalue weighted by Gasteiger charge is -2.27. The fourth-order valence-electron chi connectivity index (χ4n) is 5.42. The second-order valence-electron chi connectivity index (χ2n) is 7.76.